The summed E-state index contributed by atoms with van der Waals surface area (Å²) in [5.74, 6) is 0.406. The summed E-state index contributed by atoms with van der Waals surface area (Å²) in [5, 5.41) is 0. The van der Waals surface area contributed by atoms with Crippen LogP contribution in [0.4, 0.5) is 15.8 Å². The molecule has 1 unspecified atom stereocenters. The number of benzene rings is 2. The van der Waals surface area contributed by atoms with Gasteiger partial charge in [0.1, 0.15) is 17.7 Å². The third-order valence-corrected chi connectivity index (χ3v) is 6.82. The van der Waals surface area contributed by atoms with Crippen molar-refractivity contribution in [2.45, 2.75) is 31.4 Å². The predicted molar refractivity (Wildman–Crippen MR) is 122 cm³/mol. The molecule has 3 aliphatic heterocycles. The zero-order chi connectivity index (χ0) is 22.2. The molecule has 0 saturated carbocycles. The van der Waals surface area contributed by atoms with E-state index >= 15 is 4.39 Å². The molecule has 2 aromatic rings. The number of ether oxygens (including phenoxy) is 2. The maximum atomic E-state index is 15.0. The van der Waals surface area contributed by atoms with E-state index in [1.165, 1.54) is 6.07 Å². The van der Waals surface area contributed by atoms with Gasteiger partial charge in [-0.3, -0.25) is 4.79 Å². The molecule has 7 heteroatoms. The fourth-order valence-electron chi connectivity index (χ4n) is 4.89. The van der Waals surface area contributed by atoms with Gasteiger partial charge in [0.05, 0.1) is 18.9 Å². The summed E-state index contributed by atoms with van der Waals surface area (Å²) < 4.78 is 26.4. The first-order chi connectivity index (χ1) is 15.5. The van der Waals surface area contributed by atoms with Crippen LogP contribution in [0.5, 0.6) is 5.75 Å². The lowest BCUT2D eigenvalue weighted by Crippen LogP contribution is -2.37. The average Bonchev–Trinajstić information content (AvgIpc) is 3.46. The number of fused-ring (bicyclic) bond motifs is 1. The summed E-state index contributed by atoms with van der Waals surface area (Å²) in [6.07, 6.45) is 2.70. The van der Waals surface area contributed by atoms with E-state index in [0.29, 0.717) is 42.6 Å². The van der Waals surface area contributed by atoms with Crippen molar-refractivity contribution in [2.75, 3.05) is 56.7 Å². The summed E-state index contributed by atoms with van der Waals surface area (Å²) >= 11 is 0. The molecule has 1 amide bonds. The van der Waals surface area contributed by atoms with Gasteiger partial charge in [-0.15, -0.1) is 0 Å². The van der Waals surface area contributed by atoms with Gasteiger partial charge in [0.25, 0.3) is 5.91 Å². The standard InChI is InChI=1S/C25H30FN3O3/c1-27(2)19-8-10-28(15-19)24-6-3-18(14-23(24)26)29-11-7-17-13-20(4-5-22(17)25(29)30)32-21-9-12-31-16-21/h3-6,13-14,19,21H,7-12,15-16H2,1-2H3/t19-,21?/m1/s1. The highest BCUT2D eigenvalue weighted by Gasteiger charge is 2.29. The van der Waals surface area contributed by atoms with Gasteiger partial charge in [-0.1, -0.05) is 0 Å². The van der Waals surface area contributed by atoms with Crippen LogP contribution < -0.4 is 14.5 Å². The molecule has 0 aromatic heterocycles. The minimum Gasteiger partial charge on any atom is -0.488 e. The third kappa shape index (κ3) is 4.07. The number of nitrogens with zero attached hydrogens (tertiary/aromatic N) is 3. The zero-order valence-corrected chi connectivity index (χ0v) is 18.7. The molecule has 2 saturated heterocycles. The molecule has 0 spiro atoms. The van der Waals surface area contributed by atoms with Crippen LogP contribution in [0.1, 0.15) is 28.8 Å². The van der Waals surface area contributed by atoms with Crippen molar-refractivity contribution in [3.63, 3.8) is 0 Å². The van der Waals surface area contributed by atoms with Crippen LogP contribution in [0, 0.1) is 5.82 Å². The van der Waals surface area contributed by atoms with Gasteiger partial charge >= 0.3 is 0 Å². The minimum absolute atomic E-state index is 0.0777. The highest BCUT2D eigenvalue weighted by molar-refractivity contribution is 6.08. The number of hydrogen-bond donors (Lipinski definition) is 0. The molecular formula is C25H30FN3O3. The lowest BCUT2D eigenvalue weighted by molar-refractivity contribution is 0.0980. The number of amides is 1. The molecule has 6 nitrogen and oxygen atoms in total. The van der Waals surface area contributed by atoms with E-state index in [0.717, 1.165) is 43.9 Å². The second kappa shape index (κ2) is 8.71. The molecule has 0 N–H and O–H groups in total. The van der Waals surface area contributed by atoms with Gasteiger partial charge in [-0.05, 0) is 68.9 Å². The monoisotopic (exact) mass is 439 g/mol. The molecule has 2 atom stereocenters. The van der Waals surface area contributed by atoms with E-state index in [9.17, 15) is 4.79 Å². The van der Waals surface area contributed by atoms with Gasteiger partial charge in [0.2, 0.25) is 0 Å². The van der Waals surface area contributed by atoms with Crippen LogP contribution in [-0.4, -0.2) is 69.9 Å². The third-order valence-electron chi connectivity index (χ3n) is 6.82. The van der Waals surface area contributed by atoms with Crippen molar-refractivity contribution in [1.29, 1.82) is 0 Å². The Morgan fingerprint density at radius 2 is 2.00 bits per heavy atom. The van der Waals surface area contributed by atoms with Crippen LogP contribution in [0.15, 0.2) is 36.4 Å². The lowest BCUT2D eigenvalue weighted by atomic mass is 9.98. The number of halogens is 1. The van der Waals surface area contributed by atoms with E-state index in [-0.39, 0.29) is 17.8 Å². The van der Waals surface area contributed by atoms with Crippen molar-refractivity contribution in [3.05, 3.63) is 53.3 Å². The first kappa shape index (κ1) is 21.2. The summed E-state index contributed by atoms with van der Waals surface area (Å²) in [5.41, 5.74) is 2.85. The van der Waals surface area contributed by atoms with Crippen molar-refractivity contribution < 1.29 is 18.7 Å². The Labute approximate surface area is 188 Å². The summed E-state index contributed by atoms with van der Waals surface area (Å²) in [4.78, 5) is 19.1. The molecule has 170 valence electrons. The Bertz CT molecular complexity index is 1010. The SMILES string of the molecule is CN(C)[C@@H]1CCN(c2ccc(N3CCc4cc(OC5CCOC5)ccc4C3=O)cc2F)C1. The van der Waals surface area contributed by atoms with Gasteiger partial charge in [0, 0.05) is 43.3 Å². The Morgan fingerprint density at radius 3 is 2.72 bits per heavy atom. The quantitative estimate of drug-likeness (QED) is 0.715. The molecule has 2 fully saturated rings. The summed E-state index contributed by atoms with van der Waals surface area (Å²) in [6, 6.07) is 11.2. The number of carbonyl (C=O) groups excluding carboxylic acids is 1. The molecule has 0 radical (unpaired) electrons. The number of carbonyl (C=O) groups is 1. The zero-order valence-electron chi connectivity index (χ0n) is 18.7. The number of anilines is 2. The van der Waals surface area contributed by atoms with Gasteiger partial charge in [-0.2, -0.15) is 0 Å². The Kier molecular flexibility index (Phi) is 5.78. The van der Waals surface area contributed by atoms with Crippen molar-refractivity contribution >= 4 is 17.3 Å². The second-order valence-corrected chi connectivity index (χ2v) is 9.12. The molecule has 5 rings (SSSR count). The normalized spacial score (nSPS) is 23.2. The van der Waals surface area contributed by atoms with Crippen LogP contribution >= 0.6 is 0 Å². The fraction of sp³-hybridized carbons (Fsp3) is 0.480. The second-order valence-electron chi connectivity index (χ2n) is 9.12. The highest BCUT2D eigenvalue weighted by Crippen LogP contribution is 2.32. The van der Waals surface area contributed by atoms with Gasteiger partial charge in [0.15, 0.2) is 0 Å². The van der Waals surface area contributed by atoms with E-state index in [4.69, 9.17) is 9.47 Å². The smallest absolute Gasteiger partial charge is 0.258 e. The molecular weight excluding hydrogens is 409 g/mol. The average molecular weight is 440 g/mol. The van der Waals surface area contributed by atoms with Crippen LogP contribution in [0.25, 0.3) is 0 Å². The van der Waals surface area contributed by atoms with E-state index in [1.54, 1.807) is 4.90 Å². The number of likely N-dealkylation sites (N-methyl/N-ethyl adjacent to an activating group) is 1. The maximum Gasteiger partial charge on any atom is 0.258 e. The molecule has 3 aliphatic rings. The Balaban J connectivity index is 1.31. The number of hydrogen-bond acceptors (Lipinski definition) is 5. The molecule has 0 bridgehead atoms. The van der Waals surface area contributed by atoms with Gasteiger partial charge in [-0.25, -0.2) is 4.39 Å². The van der Waals surface area contributed by atoms with E-state index < -0.39 is 0 Å². The number of rotatable bonds is 5. The molecule has 3 heterocycles. The lowest BCUT2D eigenvalue weighted by Gasteiger charge is -2.30. The minimum atomic E-state index is -0.275. The largest absolute Gasteiger partial charge is 0.488 e. The maximum absolute atomic E-state index is 15.0. The molecule has 2 aromatic carbocycles. The summed E-state index contributed by atoms with van der Waals surface area (Å²) in [7, 11) is 4.12. The van der Waals surface area contributed by atoms with Gasteiger partial charge < -0.3 is 24.2 Å². The van der Waals surface area contributed by atoms with E-state index in [2.05, 4.69) is 23.9 Å². The molecule has 32 heavy (non-hydrogen) atoms. The van der Waals surface area contributed by atoms with Crippen molar-refractivity contribution in [3.8, 4) is 5.75 Å². The first-order valence-corrected chi connectivity index (χ1v) is 11.4. The van der Waals surface area contributed by atoms with Crippen molar-refractivity contribution in [2.24, 2.45) is 0 Å². The topological polar surface area (TPSA) is 45.2 Å². The Morgan fingerprint density at radius 1 is 1.12 bits per heavy atom. The van der Waals surface area contributed by atoms with Crippen LogP contribution in [-0.2, 0) is 11.2 Å². The van der Waals surface area contributed by atoms with E-state index in [1.807, 2.05) is 30.3 Å². The first-order valence-electron chi connectivity index (χ1n) is 11.4. The van der Waals surface area contributed by atoms with Crippen LogP contribution in [0.3, 0.4) is 0 Å². The van der Waals surface area contributed by atoms with Crippen LogP contribution in [0.2, 0.25) is 0 Å². The Hall–Kier alpha value is -2.64. The predicted octanol–water partition coefficient (Wildman–Crippen LogP) is 3.34. The summed E-state index contributed by atoms with van der Waals surface area (Å²) in [6.45, 7) is 3.52. The molecule has 0 aliphatic carbocycles. The van der Waals surface area contributed by atoms with Crippen molar-refractivity contribution in [1.82, 2.24) is 4.90 Å². The highest BCUT2D eigenvalue weighted by atomic mass is 19.1. The fourth-order valence-corrected chi connectivity index (χ4v) is 4.89.